The van der Waals surface area contributed by atoms with E-state index in [9.17, 15) is 10.2 Å². The van der Waals surface area contributed by atoms with Crippen LogP contribution in [0.15, 0.2) is 35.9 Å². The Morgan fingerprint density at radius 3 is 2.36 bits per heavy atom. The fourth-order valence-corrected chi connectivity index (χ4v) is 4.76. The van der Waals surface area contributed by atoms with Gasteiger partial charge in [-0.05, 0) is 68.6 Å². The van der Waals surface area contributed by atoms with Crippen LogP contribution in [0.2, 0.25) is 0 Å². The maximum Gasteiger partial charge on any atom is 0.123 e. The van der Waals surface area contributed by atoms with Gasteiger partial charge in [0.25, 0.3) is 0 Å². The second-order valence-electron chi connectivity index (χ2n) is 9.37. The van der Waals surface area contributed by atoms with Gasteiger partial charge in [-0.15, -0.1) is 0 Å². The van der Waals surface area contributed by atoms with Crippen LogP contribution in [0.5, 0.6) is 11.5 Å². The molecule has 2 nitrogen and oxygen atoms in total. The number of aromatic hydroxyl groups is 2. The van der Waals surface area contributed by atoms with Gasteiger partial charge in [-0.2, -0.15) is 0 Å². The Kier molecular flexibility index (Phi) is 7.80. The molecule has 2 rings (SSSR count). The van der Waals surface area contributed by atoms with Crippen molar-refractivity contribution in [2.24, 2.45) is 5.92 Å². The van der Waals surface area contributed by atoms with Gasteiger partial charge in [0.05, 0.1) is 0 Å². The van der Waals surface area contributed by atoms with Crippen LogP contribution in [0.4, 0.5) is 0 Å². The topological polar surface area (TPSA) is 40.5 Å². The molecule has 1 aliphatic carbocycles. The predicted molar refractivity (Wildman–Crippen MR) is 120 cm³/mol. The van der Waals surface area contributed by atoms with E-state index in [-0.39, 0.29) is 22.8 Å². The fraction of sp³-hybridized carbons (Fsp3) is 0.615. The van der Waals surface area contributed by atoms with Gasteiger partial charge in [-0.3, -0.25) is 0 Å². The average Bonchev–Trinajstić information content (AvgIpc) is 2.64. The molecule has 2 unspecified atom stereocenters. The summed E-state index contributed by atoms with van der Waals surface area (Å²) in [6, 6.07) is 3.79. The summed E-state index contributed by atoms with van der Waals surface area (Å²) in [7, 11) is 0. The van der Waals surface area contributed by atoms with E-state index in [2.05, 4.69) is 47.3 Å². The Balaban J connectivity index is 2.32. The first-order chi connectivity index (χ1) is 13.2. The van der Waals surface area contributed by atoms with Crippen LogP contribution in [0.1, 0.15) is 103 Å². The van der Waals surface area contributed by atoms with E-state index in [4.69, 9.17) is 0 Å². The molecule has 2 N–H and O–H groups in total. The van der Waals surface area contributed by atoms with E-state index >= 15 is 0 Å². The summed E-state index contributed by atoms with van der Waals surface area (Å²) in [5.74, 6) is 0.878. The second kappa shape index (κ2) is 9.67. The molecule has 1 fully saturated rings. The molecule has 0 saturated heterocycles. The standard InChI is InChI=1S/C26H40O2/c1-7-9-10-11-14-26(5,6)20-16-23(27)25(24(28)17-20)22-15-19(8-2)12-13-21(22)18(3)4/h8,16-17,21-22,27-28H,3,7,9-15H2,1-2,4-6H3. The zero-order chi connectivity index (χ0) is 20.9. The molecule has 0 radical (unpaired) electrons. The molecule has 1 aliphatic rings. The molecule has 0 heterocycles. The maximum absolute atomic E-state index is 10.9. The van der Waals surface area contributed by atoms with Gasteiger partial charge in [0.2, 0.25) is 0 Å². The van der Waals surface area contributed by atoms with Crippen molar-refractivity contribution >= 4 is 0 Å². The minimum atomic E-state index is -0.0595. The third-order valence-electron chi connectivity index (χ3n) is 6.73. The monoisotopic (exact) mass is 384 g/mol. The first kappa shape index (κ1) is 22.6. The van der Waals surface area contributed by atoms with Crippen molar-refractivity contribution in [3.05, 3.63) is 47.1 Å². The Morgan fingerprint density at radius 1 is 1.18 bits per heavy atom. The average molecular weight is 385 g/mol. The SMILES string of the molecule is C=C(C)C1CCC(=CC)CC1c1c(O)cc(C(C)(C)CCCCCC)cc1O. The lowest BCUT2D eigenvalue weighted by molar-refractivity contribution is 0.361. The van der Waals surface area contributed by atoms with E-state index in [1.165, 1.54) is 31.3 Å². The summed E-state index contributed by atoms with van der Waals surface area (Å²) < 4.78 is 0. The van der Waals surface area contributed by atoms with Crippen LogP contribution in [-0.2, 0) is 5.41 Å². The molecule has 1 aromatic carbocycles. The lowest BCUT2D eigenvalue weighted by Crippen LogP contribution is -2.21. The quantitative estimate of drug-likeness (QED) is 0.355. The first-order valence-corrected chi connectivity index (χ1v) is 11.1. The van der Waals surface area contributed by atoms with Crippen molar-refractivity contribution in [1.82, 2.24) is 0 Å². The molecule has 0 amide bonds. The number of hydrogen-bond acceptors (Lipinski definition) is 2. The van der Waals surface area contributed by atoms with Gasteiger partial charge in [-0.25, -0.2) is 0 Å². The van der Waals surface area contributed by atoms with Crippen LogP contribution < -0.4 is 0 Å². The fourth-order valence-electron chi connectivity index (χ4n) is 4.76. The van der Waals surface area contributed by atoms with Crippen molar-refractivity contribution < 1.29 is 10.2 Å². The van der Waals surface area contributed by atoms with Crippen molar-refractivity contribution in [1.29, 1.82) is 0 Å². The van der Waals surface area contributed by atoms with Crippen molar-refractivity contribution in [3.8, 4) is 11.5 Å². The molecular formula is C26H40O2. The first-order valence-electron chi connectivity index (χ1n) is 11.1. The molecule has 28 heavy (non-hydrogen) atoms. The Hall–Kier alpha value is -1.70. The summed E-state index contributed by atoms with van der Waals surface area (Å²) >= 11 is 0. The Morgan fingerprint density at radius 2 is 1.82 bits per heavy atom. The number of benzene rings is 1. The van der Waals surface area contributed by atoms with Crippen molar-refractivity contribution in [2.75, 3.05) is 0 Å². The van der Waals surface area contributed by atoms with E-state index < -0.39 is 0 Å². The number of phenolic OH excluding ortho intramolecular Hbond substituents is 2. The van der Waals surface area contributed by atoms with Crippen LogP contribution >= 0.6 is 0 Å². The van der Waals surface area contributed by atoms with Crippen LogP contribution in [0, 0.1) is 5.92 Å². The second-order valence-corrected chi connectivity index (χ2v) is 9.37. The molecule has 2 heteroatoms. The van der Waals surface area contributed by atoms with Gasteiger partial charge in [0.15, 0.2) is 0 Å². The van der Waals surface area contributed by atoms with Crippen LogP contribution in [-0.4, -0.2) is 10.2 Å². The van der Waals surface area contributed by atoms with Crippen molar-refractivity contribution in [3.63, 3.8) is 0 Å². The number of allylic oxidation sites excluding steroid dienone is 3. The highest BCUT2D eigenvalue weighted by Crippen LogP contribution is 2.50. The zero-order valence-electron chi connectivity index (χ0n) is 18.6. The van der Waals surface area contributed by atoms with E-state index in [0.29, 0.717) is 11.5 Å². The summed E-state index contributed by atoms with van der Waals surface area (Å²) in [5, 5.41) is 21.9. The summed E-state index contributed by atoms with van der Waals surface area (Å²) in [6.45, 7) is 15.0. The molecule has 0 aromatic heterocycles. The summed E-state index contributed by atoms with van der Waals surface area (Å²) in [5.41, 5.74) is 4.21. The van der Waals surface area contributed by atoms with Crippen molar-refractivity contribution in [2.45, 2.75) is 97.3 Å². The highest BCUT2D eigenvalue weighted by atomic mass is 16.3. The number of unbranched alkanes of at least 4 members (excludes halogenated alkanes) is 3. The molecule has 0 bridgehead atoms. The molecule has 0 spiro atoms. The van der Waals surface area contributed by atoms with Crippen LogP contribution in [0.25, 0.3) is 0 Å². The smallest absolute Gasteiger partial charge is 0.123 e. The highest BCUT2D eigenvalue weighted by molar-refractivity contribution is 5.52. The minimum absolute atomic E-state index is 0.0595. The van der Waals surface area contributed by atoms with E-state index in [0.717, 1.165) is 36.8 Å². The largest absolute Gasteiger partial charge is 0.508 e. The molecule has 1 saturated carbocycles. The molecule has 156 valence electrons. The van der Waals surface area contributed by atoms with Crippen LogP contribution in [0.3, 0.4) is 0 Å². The van der Waals surface area contributed by atoms with E-state index in [1.807, 2.05) is 12.1 Å². The Labute approximate surface area is 172 Å². The normalized spacial score (nSPS) is 21.8. The summed E-state index contributed by atoms with van der Waals surface area (Å²) in [4.78, 5) is 0. The predicted octanol–water partition coefficient (Wildman–Crippen LogP) is 7.75. The molecule has 2 atom stereocenters. The summed E-state index contributed by atoms with van der Waals surface area (Å²) in [6.07, 6.45) is 11.2. The lowest BCUT2D eigenvalue weighted by atomic mass is 9.69. The zero-order valence-corrected chi connectivity index (χ0v) is 18.6. The molecular weight excluding hydrogens is 344 g/mol. The minimum Gasteiger partial charge on any atom is -0.508 e. The van der Waals surface area contributed by atoms with Gasteiger partial charge in [0, 0.05) is 11.5 Å². The van der Waals surface area contributed by atoms with Gasteiger partial charge < -0.3 is 10.2 Å². The lowest BCUT2D eigenvalue weighted by Gasteiger charge is -2.35. The number of hydrogen-bond donors (Lipinski definition) is 2. The third kappa shape index (κ3) is 5.21. The maximum atomic E-state index is 10.9. The molecule has 0 aliphatic heterocycles. The number of rotatable bonds is 8. The van der Waals surface area contributed by atoms with Gasteiger partial charge in [0.1, 0.15) is 11.5 Å². The Bertz CT molecular complexity index is 688. The highest BCUT2D eigenvalue weighted by Gasteiger charge is 2.33. The molecule has 1 aromatic rings. The van der Waals surface area contributed by atoms with Gasteiger partial charge in [-0.1, -0.05) is 70.3 Å². The third-order valence-corrected chi connectivity index (χ3v) is 6.73. The van der Waals surface area contributed by atoms with E-state index in [1.54, 1.807) is 0 Å². The number of phenols is 2. The van der Waals surface area contributed by atoms with Gasteiger partial charge >= 0.3 is 0 Å².